The van der Waals surface area contributed by atoms with E-state index in [1.807, 2.05) is 0 Å². The van der Waals surface area contributed by atoms with E-state index < -0.39 is 97.5 Å². The predicted octanol–water partition coefficient (Wildman–Crippen LogP) is 26.2. The van der Waals surface area contributed by atoms with Gasteiger partial charge in [0.15, 0.2) is 12.2 Å². The Kier molecular flexibility index (Phi) is 76.0. The largest absolute Gasteiger partial charge is 0.472 e. The summed E-state index contributed by atoms with van der Waals surface area (Å²) in [5.41, 5.74) is 0. The molecule has 0 saturated heterocycles. The smallest absolute Gasteiger partial charge is 0.462 e. The topological polar surface area (TPSA) is 237 Å². The quantitative estimate of drug-likeness (QED) is 0.0169. The van der Waals surface area contributed by atoms with Crippen LogP contribution in [0.4, 0.5) is 0 Å². The van der Waals surface area contributed by atoms with E-state index >= 15 is 0 Å². The number of aliphatic hydroxyl groups excluding tert-OH is 1. The van der Waals surface area contributed by atoms with Crippen LogP contribution in [0.1, 0.15) is 440 Å². The molecule has 3 unspecified atom stereocenters. The minimum Gasteiger partial charge on any atom is -0.462 e. The Bertz CT molecular complexity index is 2130. The molecule has 0 aliphatic heterocycles. The average Bonchev–Trinajstić information content (AvgIpc) is 0.900. The first-order valence-corrected chi connectivity index (χ1v) is 47.3. The molecular formula is C87H166O17P2. The van der Waals surface area contributed by atoms with Gasteiger partial charge in [0.25, 0.3) is 0 Å². The van der Waals surface area contributed by atoms with Gasteiger partial charge in [0, 0.05) is 25.7 Å². The minimum atomic E-state index is -4.97. The number of ether oxygens (including phenoxy) is 4. The van der Waals surface area contributed by atoms with Crippen molar-refractivity contribution in [2.75, 3.05) is 39.6 Å². The van der Waals surface area contributed by atoms with Crippen molar-refractivity contribution in [2.45, 2.75) is 458 Å². The molecule has 0 aromatic heterocycles. The summed E-state index contributed by atoms with van der Waals surface area (Å²) in [6.07, 6.45) is 73.0. The number of hydrogen-bond donors (Lipinski definition) is 3. The molecule has 0 spiro atoms. The Morgan fingerprint density at radius 1 is 0.311 bits per heavy atom. The lowest BCUT2D eigenvalue weighted by Gasteiger charge is -2.21. The van der Waals surface area contributed by atoms with E-state index in [1.54, 1.807) is 0 Å². The van der Waals surface area contributed by atoms with E-state index in [-0.39, 0.29) is 25.7 Å². The van der Waals surface area contributed by atoms with Crippen LogP contribution < -0.4 is 0 Å². The fraction of sp³-hybridized carbons (Fsp3) is 0.908. The molecule has 0 bridgehead atoms. The molecule has 17 nitrogen and oxygen atoms in total. The molecule has 6 atom stereocenters. The van der Waals surface area contributed by atoms with Gasteiger partial charge >= 0.3 is 39.5 Å². The summed E-state index contributed by atoms with van der Waals surface area (Å²) in [7, 11) is -9.94. The highest BCUT2D eigenvalue weighted by molar-refractivity contribution is 7.47. The molecule has 0 saturated carbocycles. The van der Waals surface area contributed by atoms with Gasteiger partial charge in [0.2, 0.25) is 0 Å². The summed E-state index contributed by atoms with van der Waals surface area (Å²) in [5.74, 6) is -0.553. The molecule has 0 fully saturated rings. The number of esters is 4. The molecule has 0 aromatic rings. The highest BCUT2D eigenvalue weighted by Crippen LogP contribution is 2.45. The Hall–Kier alpha value is -2.46. The maximum absolute atomic E-state index is 13.2. The molecule has 19 heteroatoms. The molecule has 0 amide bonds. The zero-order valence-electron chi connectivity index (χ0n) is 69.2. The van der Waals surface area contributed by atoms with Crippen molar-refractivity contribution in [2.24, 2.45) is 11.8 Å². The van der Waals surface area contributed by atoms with Crippen molar-refractivity contribution < 1.29 is 80.2 Å². The molecule has 0 aromatic carbocycles. The van der Waals surface area contributed by atoms with Crippen molar-refractivity contribution >= 4 is 39.5 Å². The Balaban J connectivity index is 5.28. The third kappa shape index (κ3) is 78.2. The van der Waals surface area contributed by atoms with Crippen LogP contribution in [-0.2, 0) is 65.4 Å². The third-order valence-corrected chi connectivity index (χ3v) is 22.1. The first kappa shape index (κ1) is 104. The lowest BCUT2D eigenvalue weighted by Crippen LogP contribution is -2.30. The Labute approximate surface area is 650 Å². The average molecular weight is 1550 g/mol. The zero-order valence-corrected chi connectivity index (χ0v) is 71.0. The monoisotopic (exact) mass is 1550 g/mol. The van der Waals surface area contributed by atoms with Crippen molar-refractivity contribution in [1.29, 1.82) is 0 Å². The lowest BCUT2D eigenvalue weighted by atomic mass is 9.99. The predicted molar refractivity (Wildman–Crippen MR) is 437 cm³/mol. The highest BCUT2D eigenvalue weighted by Gasteiger charge is 2.30. The van der Waals surface area contributed by atoms with E-state index in [0.717, 1.165) is 115 Å². The number of carbonyl (C=O) groups is 4. The standard InChI is InChI=1S/C87H166O17P2/c1-7-10-12-14-16-18-20-22-24-25-26-27-28-29-33-38-42-46-54-60-66-72-86(91)103-82(75-97-84(89)69-63-57-51-44-40-36-34-30-32-35-39-43-49-55-61-67-79(4)5)77-101-105(93,94)99-73-81(88)74-100-106(95,96)102-78-83(76-98-85(90)70-64-58-52-48-47-50-56-62-68-80(6)9-3)104-87(92)71-65-59-53-45-41-37-31-23-21-19-17-15-13-11-8-2/h19,21,23,31,79-83,88H,7-18,20,22,24-30,32-78H2,1-6H3,(H,93,94)(H,95,96)/b21-19-,31-23-/t80?,81-,82-,83-/m1/s1. The summed E-state index contributed by atoms with van der Waals surface area (Å²) < 4.78 is 68.9. The third-order valence-electron chi connectivity index (χ3n) is 20.2. The van der Waals surface area contributed by atoms with Gasteiger partial charge in [0.1, 0.15) is 19.3 Å². The SMILES string of the molecule is CCCCCC/C=C\C=C/CCCCCCCC(=O)O[C@H](COC(=O)CCCCCCCCCCC(C)CC)COP(=O)(O)OC[C@H](O)COP(=O)(O)OC[C@@H](COC(=O)CCCCCCCCCCCCCCCCCC(C)C)OC(=O)CCCCCCCCCCCCCCCCCCCCCCC. The van der Waals surface area contributed by atoms with E-state index in [1.165, 1.54) is 244 Å². The van der Waals surface area contributed by atoms with E-state index in [2.05, 4.69) is 65.8 Å². The van der Waals surface area contributed by atoms with Crippen LogP contribution in [0.15, 0.2) is 24.3 Å². The highest BCUT2D eigenvalue weighted by atomic mass is 31.2. The first-order valence-electron chi connectivity index (χ1n) is 44.3. The number of phosphoric acid groups is 2. The van der Waals surface area contributed by atoms with Gasteiger partial charge in [-0.05, 0) is 63.2 Å². The fourth-order valence-corrected chi connectivity index (χ4v) is 14.6. The molecule has 106 heavy (non-hydrogen) atoms. The van der Waals surface area contributed by atoms with E-state index in [9.17, 15) is 43.2 Å². The summed E-state index contributed by atoms with van der Waals surface area (Å²) in [6.45, 7) is 9.63. The van der Waals surface area contributed by atoms with Gasteiger partial charge in [-0.3, -0.25) is 37.3 Å². The van der Waals surface area contributed by atoms with Crippen molar-refractivity contribution in [3.8, 4) is 0 Å². The molecule has 0 heterocycles. The lowest BCUT2D eigenvalue weighted by molar-refractivity contribution is -0.161. The Morgan fingerprint density at radius 2 is 0.557 bits per heavy atom. The zero-order chi connectivity index (χ0) is 77.8. The van der Waals surface area contributed by atoms with Crippen LogP contribution in [0.3, 0.4) is 0 Å². The van der Waals surface area contributed by atoms with Gasteiger partial charge in [0.05, 0.1) is 26.4 Å². The maximum Gasteiger partial charge on any atom is 0.472 e. The number of rotatable bonds is 84. The molecule has 3 N–H and O–H groups in total. The molecule has 0 aliphatic carbocycles. The molecule has 0 aliphatic rings. The number of unbranched alkanes of at least 4 members (excludes halogenated alkanes) is 50. The minimum absolute atomic E-state index is 0.0849. The van der Waals surface area contributed by atoms with Crippen LogP contribution in [0.25, 0.3) is 0 Å². The number of carbonyl (C=O) groups excluding carboxylic acids is 4. The molecule has 0 rings (SSSR count). The second-order valence-corrected chi connectivity index (χ2v) is 34.2. The van der Waals surface area contributed by atoms with Gasteiger partial charge in [-0.2, -0.15) is 0 Å². The number of phosphoric ester groups is 2. The second kappa shape index (κ2) is 77.8. The van der Waals surface area contributed by atoms with Gasteiger partial charge < -0.3 is 33.8 Å². The summed E-state index contributed by atoms with van der Waals surface area (Å²) in [5, 5.41) is 10.7. The van der Waals surface area contributed by atoms with Crippen LogP contribution >= 0.6 is 15.6 Å². The van der Waals surface area contributed by atoms with Gasteiger partial charge in [-0.1, -0.05) is 387 Å². The van der Waals surface area contributed by atoms with Crippen molar-refractivity contribution in [3.05, 3.63) is 24.3 Å². The fourth-order valence-electron chi connectivity index (χ4n) is 13.0. The number of aliphatic hydroxyl groups is 1. The summed E-state index contributed by atoms with van der Waals surface area (Å²) in [4.78, 5) is 73.2. The number of allylic oxidation sites excluding steroid dienone is 4. The van der Waals surface area contributed by atoms with Crippen LogP contribution in [-0.4, -0.2) is 96.7 Å². The van der Waals surface area contributed by atoms with Crippen molar-refractivity contribution in [3.63, 3.8) is 0 Å². The van der Waals surface area contributed by atoms with Gasteiger partial charge in [-0.15, -0.1) is 0 Å². The van der Waals surface area contributed by atoms with Crippen molar-refractivity contribution in [1.82, 2.24) is 0 Å². The first-order chi connectivity index (χ1) is 51.4. The second-order valence-electron chi connectivity index (χ2n) is 31.3. The molecule has 0 radical (unpaired) electrons. The Morgan fingerprint density at radius 3 is 0.849 bits per heavy atom. The van der Waals surface area contributed by atoms with Crippen LogP contribution in [0.2, 0.25) is 0 Å². The normalized spacial score (nSPS) is 14.2. The van der Waals surface area contributed by atoms with E-state index in [0.29, 0.717) is 25.7 Å². The molecule has 626 valence electrons. The molecular weight excluding hydrogens is 1380 g/mol. The van der Waals surface area contributed by atoms with E-state index in [4.69, 9.17) is 37.0 Å². The van der Waals surface area contributed by atoms with Crippen LogP contribution in [0, 0.1) is 11.8 Å². The summed E-state index contributed by atoms with van der Waals surface area (Å²) in [6, 6.07) is 0. The number of hydrogen-bond acceptors (Lipinski definition) is 15. The summed E-state index contributed by atoms with van der Waals surface area (Å²) >= 11 is 0. The maximum atomic E-state index is 13.2. The van der Waals surface area contributed by atoms with Gasteiger partial charge in [-0.25, -0.2) is 9.13 Å². The van der Waals surface area contributed by atoms with Crippen LogP contribution in [0.5, 0.6) is 0 Å².